The summed E-state index contributed by atoms with van der Waals surface area (Å²) in [6.07, 6.45) is 4.43. The number of pyridine rings is 3. The zero-order valence-electron chi connectivity index (χ0n) is 18.0. The molecule has 174 valence electrons. The van der Waals surface area contributed by atoms with E-state index in [9.17, 15) is 18.8 Å². The van der Waals surface area contributed by atoms with Gasteiger partial charge in [0, 0.05) is 18.1 Å². The Bertz CT molecular complexity index is 1490. The molecule has 3 amide bonds. The summed E-state index contributed by atoms with van der Waals surface area (Å²) in [5.74, 6) is 0.444. The Labute approximate surface area is 197 Å². The zero-order valence-corrected chi connectivity index (χ0v) is 18.0. The highest BCUT2D eigenvalue weighted by molar-refractivity contribution is 6.03. The molecule has 0 unspecified atom stereocenters. The van der Waals surface area contributed by atoms with E-state index in [2.05, 4.69) is 25.9 Å². The number of urea groups is 1. The van der Waals surface area contributed by atoms with E-state index < -0.39 is 17.3 Å². The van der Waals surface area contributed by atoms with Crippen LogP contribution in [0.15, 0.2) is 78.0 Å². The van der Waals surface area contributed by atoms with Gasteiger partial charge in [-0.3, -0.25) is 19.5 Å². The van der Waals surface area contributed by atoms with Crippen molar-refractivity contribution in [3.63, 3.8) is 0 Å². The summed E-state index contributed by atoms with van der Waals surface area (Å²) >= 11 is 0. The first kappa shape index (κ1) is 21.8. The second-order valence-corrected chi connectivity index (χ2v) is 7.45. The van der Waals surface area contributed by atoms with Crippen molar-refractivity contribution < 1.29 is 18.7 Å². The molecular weight excluding hydrogens is 455 g/mol. The number of halogens is 1. The number of carbonyl (C=O) groups is 2. The van der Waals surface area contributed by atoms with Crippen molar-refractivity contribution in [1.82, 2.24) is 19.9 Å². The summed E-state index contributed by atoms with van der Waals surface area (Å²) in [6.45, 7) is 0.262. The highest BCUT2D eigenvalue weighted by Gasteiger charge is 2.19. The smallest absolute Gasteiger partial charge is 0.320 e. The van der Waals surface area contributed by atoms with Gasteiger partial charge in [0.2, 0.25) is 0 Å². The van der Waals surface area contributed by atoms with Crippen LogP contribution in [-0.4, -0.2) is 26.5 Å². The maximum absolute atomic E-state index is 13.2. The second-order valence-electron chi connectivity index (χ2n) is 7.45. The van der Waals surface area contributed by atoms with Crippen molar-refractivity contribution in [3.05, 3.63) is 100 Å². The number of aromatic nitrogens is 3. The first-order valence-corrected chi connectivity index (χ1v) is 10.4. The van der Waals surface area contributed by atoms with Crippen LogP contribution in [0.1, 0.15) is 15.9 Å². The van der Waals surface area contributed by atoms with Gasteiger partial charge in [-0.15, -0.1) is 0 Å². The van der Waals surface area contributed by atoms with Crippen molar-refractivity contribution in [2.24, 2.45) is 0 Å². The molecule has 0 radical (unpaired) electrons. The molecule has 11 heteroatoms. The zero-order chi connectivity index (χ0) is 24.4. The molecule has 0 fully saturated rings. The van der Waals surface area contributed by atoms with Gasteiger partial charge in [-0.2, -0.15) is 0 Å². The van der Waals surface area contributed by atoms with Gasteiger partial charge < -0.3 is 15.4 Å². The van der Waals surface area contributed by atoms with Crippen LogP contribution in [0.25, 0.3) is 5.69 Å². The van der Waals surface area contributed by atoms with Gasteiger partial charge in [-0.1, -0.05) is 0 Å². The first-order valence-electron chi connectivity index (χ1n) is 10.4. The van der Waals surface area contributed by atoms with E-state index in [0.29, 0.717) is 28.6 Å². The maximum atomic E-state index is 13.2. The average molecular weight is 472 g/mol. The molecule has 0 atom stereocenters. The molecule has 0 spiro atoms. The fourth-order valence-electron chi connectivity index (χ4n) is 3.47. The Morgan fingerprint density at radius 3 is 2.66 bits per heavy atom. The number of carbonyl (C=O) groups excluding carboxylic acids is 2. The molecule has 0 saturated heterocycles. The maximum Gasteiger partial charge on any atom is 0.320 e. The van der Waals surface area contributed by atoms with E-state index in [4.69, 9.17) is 4.74 Å². The minimum atomic E-state index is -0.641. The lowest BCUT2D eigenvalue weighted by molar-refractivity contribution is 0.102. The Kier molecular flexibility index (Phi) is 5.63. The van der Waals surface area contributed by atoms with Gasteiger partial charge in [0.15, 0.2) is 0 Å². The highest BCUT2D eigenvalue weighted by Crippen LogP contribution is 2.30. The van der Waals surface area contributed by atoms with Crippen molar-refractivity contribution >= 4 is 23.6 Å². The third-order valence-corrected chi connectivity index (χ3v) is 5.17. The molecule has 3 N–H and O–H groups in total. The van der Waals surface area contributed by atoms with Crippen LogP contribution in [0.5, 0.6) is 11.5 Å². The highest BCUT2D eigenvalue weighted by atomic mass is 19.1. The Morgan fingerprint density at radius 1 is 1.06 bits per heavy atom. The van der Waals surface area contributed by atoms with E-state index >= 15 is 0 Å². The van der Waals surface area contributed by atoms with E-state index in [1.54, 1.807) is 18.2 Å². The number of fused-ring (bicyclic) bond motifs is 1. The van der Waals surface area contributed by atoms with Crippen molar-refractivity contribution in [1.29, 1.82) is 0 Å². The van der Waals surface area contributed by atoms with Crippen molar-refractivity contribution in [3.8, 4) is 17.2 Å². The molecule has 10 nitrogen and oxygen atoms in total. The van der Waals surface area contributed by atoms with Gasteiger partial charge in [0.1, 0.15) is 34.5 Å². The molecule has 5 rings (SSSR count). The summed E-state index contributed by atoms with van der Waals surface area (Å²) < 4.78 is 20.3. The average Bonchev–Trinajstić information content (AvgIpc) is 2.86. The SMILES string of the molecule is O=C1NCc2c(Oc3ccc(NC(=O)c4cccn(-c5ccc(F)cc5)c4=O)nc3)ccnc2N1. The number of ether oxygens (including phenoxy) is 1. The molecule has 1 aromatic carbocycles. The Morgan fingerprint density at radius 2 is 1.89 bits per heavy atom. The fourth-order valence-corrected chi connectivity index (χ4v) is 3.47. The predicted molar refractivity (Wildman–Crippen MR) is 124 cm³/mol. The number of amides is 3. The third kappa shape index (κ3) is 4.55. The molecule has 35 heavy (non-hydrogen) atoms. The second kappa shape index (κ2) is 9.06. The normalized spacial score (nSPS) is 12.2. The number of benzene rings is 1. The largest absolute Gasteiger partial charge is 0.455 e. The minimum absolute atomic E-state index is 0.100. The summed E-state index contributed by atoms with van der Waals surface area (Å²) in [5.41, 5.74) is 0.460. The number of anilines is 2. The lowest BCUT2D eigenvalue weighted by atomic mass is 10.2. The molecule has 0 saturated carbocycles. The van der Waals surface area contributed by atoms with Crippen molar-refractivity contribution in [2.45, 2.75) is 6.54 Å². The molecule has 1 aliphatic rings. The summed E-state index contributed by atoms with van der Waals surface area (Å²) in [5, 5.41) is 7.85. The molecule has 0 aliphatic carbocycles. The number of hydrogen-bond donors (Lipinski definition) is 3. The van der Waals surface area contributed by atoms with Gasteiger partial charge in [0.05, 0.1) is 18.3 Å². The Hall–Kier alpha value is -5.06. The monoisotopic (exact) mass is 472 g/mol. The molecule has 1 aliphatic heterocycles. The number of hydrogen-bond acceptors (Lipinski definition) is 6. The van der Waals surface area contributed by atoms with Gasteiger partial charge in [-0.05, 0) is 54.6 Å². The summed E-state index contributed by atoms with van der Waals surface area (Å²) in [6, 6.07) is 12.8. The summed E-state index contributed by atoms with van der Waals surface area (Å²) in [4.78, 5) is 45.3. The van der Waals surface area contributed by atoms with Crippen LogP contribution in [0.2, 0.25) is 0 Å². The van der Waals surface area contributed by atoms with Crippen LogP contribution in [0.4, 0.5) is 20.8 Å². The van der Waals surface area contributed by atoms with Gasteiger partial charge in [0.25, 0.3) is 11.5 Å². The number of nitrogens with one attached hydrogen (secondary N) is 3. The minimum Gasteiger partial charge on any atom is -0.455 e. The predicted octanol–water partition coefficient (Wildman–Crippen LogP) is 3.45. The van der Waals surface area contributed by atoms with Crippen LogP contribution in [0.3, 0.4) is 0 Å². The fraction of sp³-hybridized carbons (Fsp3) is 0.0417. The van der Waals surface area contributed by atoms with Crippen LogP contribution >= 0.6 is 0 Å². The van der Waals surface area contributed by atoms with E-state index in [-0.39, 0.29) is 24.0 Å². The van der Waals surface area contributed by atoms with E-state index in [0.717, 1.165) is 0 Å². The number of nitrogens with zero attached hydrogens (tertiary/aromatic N) is 3. The molecular formula is C24H17FN6O4. The van der Waals surface area contributed by atoms with Crippen LogP contribution in [-0.2, 0) is 6.54 Å². The molecule has 4 aromatic rings. The lowest BCUT2D eigenvalue weighted by Crippen LogP contribution is -2.34. The topological polar surface area (TPSA) is 127 Å². The standard InChI is InChI=1S/C24H17FN6O4/c25-14-3-5-15(6-4-14)31-11-1-2-17(23(31)33)22(32)29-20-8-7-16(12-27-20)35-19-9-10-26-21-18(19)13-28-24(34)30-21/h1-12H,13H2,(H,27,29,32)(H2,26,28,30,34). The lowest BCUT2D eigenvalue weighted by Gasteiger charge is -2.19. The summed E-state index contributed by atoms with van der Waals surface area (Å²) in [7, 11) is 0. The van der Waals surface area contributed by atoms with Gasteiger partial charge in [-0.25, -0.2) is 19.2 Å². The van der Waals surface area contributed by atoms with E-state index in [1.807, 2.05) is 0 Å². The molecule has 3 aromatic heterocycles. The first-order chi connectivity index (χ1) is 17.0. The molecule has 0 bridgehead atoms. The third-order valence-electron chi connectivity index (χ3n) is 5.17. The van der Waals surface area contributed by atoms with Crippen LogP contribution in [0, 0.1) is 5.82 Å². The molecule has 4 heterocycles. The van der Waals surface area contributed by atoms with Crippen LogP contribution < -0.4 is 26.2 Å². The number of rotatable bonds is 5. The van der Waals surface area contributed by atoms with Gasteiger partial charge >= 0.3 is 6.03 Å². The quantitative estimate of drug-likeness (QED) is 0.408. The van der Waals surface area contributed by atoms with Crippen molar-refractivity contribution in [2.75, 3.05) is 10.6 Å². The Balaban J connectivity index is 1.31. The van der Waals surface area contributed by atoms with E-state index in [1.165, 1.54) is 59.6 Å².